The van der Waals surface area contributed by atoms with Gasteiger partial charge in [-0.15, -0.1) is 0 Å². The van der Waals surface area contributed by atoms with Gasteiger partial charge in [0.1, 0.15) is 5.75 Å². The fourth-order valence-electron chi connectivity index (χ4n) is 3.21. The number of aryl methyl sites for hydroxylation is 2. The summed E-state index contributed by atoms with van der Waals surface area (Å²) in [6, 6.07) is 11.1. The number of nitrogens with one attached hydrogen (secondary N) is 1. The number of amides is 1. The molecule has 6 nitrogen and oxygen atoms in total. The SMILES string of the molecule is Cc1ccc(NC(=O)[C@@H]2CN(S(C)(=O)=O)c3cc(C(C)(C)C)ccc3O2)cc1C. The number of nitrogens with zero attached hydrogens (tertiary/aromatic N) is 1. The summed E-state index contributed by atoms with van der Waals surface area (Å²) in [6.07, 6.45) is 0.198. The van der Waals surface area contributed by atoms with Crippen LogP contribution in [0, 0.1) is 13.8 Å². The van der Waals surface area contributed by atoms with Crippen molar-refractivity contribution in [3.05, 3.63) is 53.1 Å². The number of carbonyl (C=O) groups is 1. The van der Waals surface area contributed by atoms with Gasteiger partial charge < -0.3 is 10.1 Å². The average Bonchev–Trinajstić information content (AvgIpc) is 2.61. The molecule has 1 amide bonds. The Hall–Kier alpha value is -2.54. The zero-order valence-corrected chi connectivity index (χ0v) is 18.6. The predicted octanol–water partition coefficient (Wildman–Crippen LogP) is 3.77. The third kappa shape index (κ3) is 4.56. The van der Waals surface area contributed by atoms with Crippen molar-refractivity contribution >= 4 is 27.3 Å². The highest BCUT2D eigenvalue weighted by molar-refractivity contribution is 7.92. The summed E-state index contributed by atoms with van der Waals surface area (Å²) < 4.78 is 32.1. The minimum absolute atomic E-state index is 0.0733. The van der Waals surface area contributed by atoms with Crippen LogP contribution in [0.2, 0.25) is 0 Å². The molecule has 0 spiro atoms. The van der Waals surface area contributed by atoms with E-state index in [1.54, 1.807) is 6.07 Å². The van der Waals surface area contributed by atoms with Gasteiger partial charge in [-0.25, -0.2) is 8.42 Å². The van der Waals surface area contributed by atoms with Crippen LogP contribution in [-0.4, -0.2) is 33.2 Å². The molecule has 2 aromatic rings. The van der Waals surface area contributed by atoms with Gasteiger partial charge in [0.15, 0.2) is 6.10 Å². The van der Waals surface area contributed by atoms with E-state index in [1.807, 2.05) is 44.2 Å². The molecule has 29 heavy (non-hydrogen) atoms. The average molecular weight is 417 g/mol. The minimum atomic E-state index is -3.58. The maximum absolute atomic E-state index is 12.8. The normalized spacial score (nSPS) is 16.8. The molecule has 0 bridgehead atoms. The Balaban J connectivity index is 1.92. The first-order chi connectivity index (χ1) is 13.4. The fourth-order valence-corrected chi connectivity index (χ4v) is 4.12. The molecule has 0 aliphatic carbocycles. The molecular weight excluding hydrogens is 388 g/mol. The van der Waals surface area contributed by atoms with Crippen molar-refractivity contribution in [3.63, 3.8) is 0 Å². The summed E-state index contributed by atoms with van der Waals surface area (Å²) in [5.74, 6) is 0.00219. The first-order valence-corrected chi connectivity index (χ1v) is 11.4. The number of ether oxygens (including phenoxy) is 1. The van der Waals surface area contributed by atoms with Crippen LogP contribution in [0.5, 0.6) is 5.75 Å². The second-order valence-electron chi connectivity index (χ2n) is 8.62. The lowest BCUT2D eigenvalue weighted by Gasteiger charge is -2.35. The highest BCUT2D eigenvalue weighted by Gasteiger charge is 2.36. The summed E-state index contributed by atoms with van der Waals surface area (Å²) >= 11 is 0. The van der Waals surface area contributed by atoms with E-state index < -0.39 is 16.1 Å². The van der Waals surface area contributed by atoms with Crippen LogP contribution in [0.15, 0.2) is 36.4 Å². The zero-order valence-electron chi connectivity index (χ0n) is 17.7. The maximum atomic E-state index is 12.8. The number of hydrogen-bond acceptors (Lipinski definition) is 4. The van der Waals surface area contributed by atoms with E-state index in [2.05, 4.69) is 26.1 Å². The molecule has 1 aliphatic rings. The molecule has 7 heteroatoms. The van der Waals surface area contributed by atoms with Gasteiger partial charge in [-0.1, -0.05) is 32.9 Å². The smallest absolute Gasteiger partial charge is 0.267 e. The Labute approximate surface area is 172 Å². The Morgan fingerprint density at radius 1 is 1.10 bits per heavy atom. The van der Waals surface area contributed by atoms with Crippen LogP contribution in [0.4, 0.5) is 11.4 Å². The van der Waals surface area contributed by atoms with E-state index in [-0.39, 0.29) is 17.9 Å². The third-order valence-electron chi connectivity index (χ3n) is 5.16. The van der Waals surface area contributed by atoms with Gasteiger partial charge in [-0.3, -0.25) is 9.10 Å². The lowest BCUT2D eigenvalue weighted by Crippen LogP contribution is -2.48. The van der Waals surface area contributed by atoms with E-state index in [9.17, 15) is 13.2 Å². The quantitative estimate of drug-likeness (QED) is 0.826. The van der Waals surface area contributed by atoms with Crippen molar-refractivity contribution in [2.75, 3.05) is 22.4 Å². The molecule has 1 atom stereocenters. The molecule has 1 heterocycles. The van der Waals surface area contributed by atoms with Gasteiger partial charge in [0, 0.05) is 5.69 Å². The van der Waals surface area contributed by atoms with Crippen molar-refractivity contribution in [3.8, 4) is 5.75 Å². The largest absolute Gasteiger partial charge is 0.476 e. The van der Waals surface area contributed by atoms with Crippen LogP contribution in [-0.2, 0) is 20.2 Å². The second-order valence-corrected chi connectivity index (χ2v) is 10.5. The van der Waals surface area contributed by atoms with Gasteiger partial charge in [-0.2, -0.15) is 0 Å². The number of anilines is 2. The Morgan fingerprint density at radius 2 is 1.79 bits per heavy atom. The number of sulfonamides is 1. The molecule has 0 aromatic heterocycles. The first kappa shape index (κ1) is 21.2. The van der Waals surface area contributed by atoms with E-state index in [0.717, 1.165) is 22.9 Å². The van der Waals surface area contributed by atoms with E-state index in [4.69, 9.17) is 4.74 Å². The maximum Gasteiger partial charge on any atom is 0.267 e. The second kappa shape index (κ2) is 7.37. The van der Waals surface area contributed by atoms with Crippen LogP contribution >= 0.6 is 0 Å². The zero-order chi connectivity index (χ0) is 21.6. The molecule has 0 saturated carbocycles. The van der Waals surface area contributed by atoms with Crippen molar-refractivity contribution in [2.24, 2.45) is 0 Å². The molecule has 0 radical (unpaired) electrons. The van der Waals surface area contributed by atoms with Crippen molar-refractivity contribution in [1.29, 1.82) is 0 Å². The number of benzene rings is 2. The van der Waals surface area contributed by atoms with Crippen LogP contribution in [0.1, 0.15) is 37.5 Å². The van der Waals surface area contributed by atoms with E-state index >= 15 is 0 Å². The third-order valence-corrected chi connectivity index (χ3v) is 6.31. The Bertz CT molecular complexity index is 1050. The molecule has 2 aromatic carbocycles. The summed E-state index contributed by atoms with van der Waals surface area (Å²) in [5, 5.41) is 2.83. The summed E-state index contributed by atoms with van der Waals surface area (Å²) in [6.45, 7) is 10.1. The lowest BCUT2D eigenvalue weighted by molar-refractivity contribution is -0.122. The van der Waals surface area contributed by atoms with Crippen molar-refractivity contribution in [2.45, 2.75) is 46.1 Å². The standard InChI is InChI=1S/C22H28N2O4S/c1-14-7-9-17(11-15(14)2)23-21(25)20-13-24(29(6,26)27)18-12-16(22(3,4)5)8-10-19(18)28-20/h7-12,20H,13H2,1-6H3,(H,23,25)/t20-/m0/s1. The number of carbonyl (C=O) groups excluding carboxylic acids is 1. The predicted molar refractivity (Wildman–Crippen MR) is 116 cm³/mol. The van der Waals surface area contributed by atoms with E-state index in [1.165, 1.54) is 4.31 Å². The lowest BCUT2D eigenvalue weighted by atomic mass is 9.86. The van der Waals surface area contributed by atoms with Crippen LogP contribution in [0.3, 0.4) is 0 Å². The molecule has 3 rings (SSSR count). The van der Waals surface area contributed by atoms with Crippen molar-refractivity contribution in [1.82, 2.24) is 0 Å². The Morgan fingerprint density at radius 3 is 2.38 bits per heavy atom. The van der Waals surface area contributed by atoms with E-state index in [0.29, 0.717) is 17.1 Å². The molecule has 156 valence electrons. The molecule has 0 saturated heterocycles. The summed E-state index contributed by atoms with van der Waals surface area (Å²) in [5.41, 5.74) is 4.16. The van der Waals surface area contributed by atoms with Crippen molar-refractivity contribution < 1.29 is 17.9 Å². The number of rotatable bonds is 3. The summed E-state index contributed by atoms with van der Waals surface area (Å²) in [7, 11) is -3.58. The molecule has 1 N–H and O–H groups in total. The topological polar surface area (TPSA) is 75.7 Å². The fraction of sp³-hybridized carbons (Fsp3) is 0.409. The monoisotopic (exact) mass is 416 g/mol. The Kier molecular flexibility index (Phi) is 5.38. The highest BCUT2D eigenvalue weighted by atomic mass is 32.2. The van der Waals surface area contributed by atoms with Gasteiger partial charge in [-0.05, 0) is 60.2 Å². The number of hydrogen-bond donors (Lipinski definition) is 1. The minimum Gasteiger partial charge on any atom is -0.476 e. The van der Waals surface area contributed by atoms with Gasteiger partial charge in [0.2, 0.25) is 10.0 Å². The highest BCUT2D eigenvalue weighted by Crippen LogP contribution is 2.38. The van der Waals surface area contributed by atoms with Gasteiger partial charge >= 0.3 is 0 Å². The molecular formula is C22H28N2O4S. The molecule has 1 aliphatic heterocycles. The van der Waals surface area contributed by atoms with Gasteiger partial charge in [0.25, 0.3) is 5.91 Å². The molecule has 0 fully saturated rings. The summed E-state index contributed by atoms with van der Waals surface area (Å²) in [4.78, 5) is 12.8. The van der Waals surface area contributed by atoms with Gasteiger partial charge in [0.05, 0.1) is 18.5 Å². The molecule has 0 unspecified atom stereocenters. The number of fused-ring (bicyclic) bond motifs is 1. The van der Waals surface area contributed by atoms with Crippen LogP contribution in [0.25, 0.3) is 0 Å². The van der Waals surface area contributed by atoms with Crippen LogP contribution < -0.4 is 14.4 Å². The first-order valence-electron chi connectivity index (χ1n) is 9.53.